The van der Waals surface area contributed by atoms with Crippen LogP contribution in [0.5, 0.6) is 11.5 Å². The van der Waals surface area contributed by atoms with Crippen molar-refractivity contribution in [2.45, 2.75) is 37.0 Å². The summed E-state index contributed by atoms with van der Waals surface area (Å²) >= 11 is 0. The van der Waals surface area contributed by atoms with Gasteiger partial charge in [0.1, 0.15) is 0 Å². The number of esters is 1. The predicted molar refractivity (Wildman–Crippen MR) is 127 cm³/mol. The van der Waals surface area contributed by atoms with Crippen LogP contribution in [0, 0.1) is 0 Å². The molecule has 1 aliphatic rings. The first-order valence-electron chi connectivity index (χ1n) is 11.0. The average Bonchev–Trinajstić information content (AvgIpc) is 2.87. The van der Waals surface area contributed by atoms with Crippen molar-refractivity contribution < 1.29 is 32.2 Å². The number of rotatable bonds is 9. The van der Waals surface area contributed by atoms with Gasteiger partial charge >= 0.3 is 5.97 Å². The van der Waals surface area contributed by atoms with E-state index in [2.05, 4.69) is 5.32 Å². The normalized spacial score (nSPS) is 14.3. The third kappa shape index (κ3) is 5.87. The maximum Gasteiger partial charge on any atom is 0.340 e. The Morgan fingerprint density at radius 1 is 0.941 bits per heavy atom. The molecule has 1 fully saturated rings. The maximum absolute atomic E-state index is 12.8. The molecule has 1 N–H and O–H groups in total. The Kier molecular flexibility index (Phi) is 8.51. The van der Waals surface area contributed by atoms with Crippen molar-refractivity contribution in [3.63, 3.8) is 0 Å². The van der Waals surface area contributed by atoms with Crippen LogP contribution in [0.15, 0.2) is 41.3 Å². The van der Waals surface area contributed by atoms with Crippen molar-refractivity contribution in [3.05, 3.63) is 47.5 Å². The van der Waals surface area contributed by atoms with E-state index < -0.39 is 16.0 Å². The topological polar surface area (TPSA) is 111 Å². The Hall–Kier alpha value is -3.11. The number of nitrogens with one attached hydrogen (secondary N) is 1. The summed E-state index contributed by atoms with van der Waals surface area (Å²) in [6, 6.07) is 9.56. The number of piperidine rings is 1. The number of benzene rings is 2. The molecule has 0 spiro atoms. The number of hydrogen-bond acceptors (Lipinski definition) is 7. The van der Waals surface area contributed by atoms with Crippen molar-refractivity contribution in [1.82, 2.24) is 4.31 Å². The second kappa shape index (κ2) is 11.3. The van der Waals surface area contributed by atoms with Crippen LogP contribution >= 0.6 is 0 Å². The van der Waals surface area contributed by atoms with E-state index in [4.69, 9.17) is 14.2 Å². The minimum absolute atomic E-state index is 0.132. The van der Waals surface area contributed by atoms with Gasteiger partial charge in [-0.3, -0.25) is 4.79 Å². The van der Waals surface area contributed by atoms with Crippen molar-refractivity contribution in [2.24, 2.45) is 0 Å². The van der Waals surface area contributed by atoms with Crippen LogP contribution in [0.4, 0.5) is 5.69 Å². The highest BCUT2D eigenvalue weighted by molar-refractivity contribution is 7.89. The van der Waals surface area contributed by atoms with Gasteiger partial charge in [-0.2, -0.15) is 4.31 Å². The van der Waals surface area contributed by atoms with E-state index in [1.807, 2.05) is 0 Å². The highest BCUT2D eigenvalue weighted by Crippen LogP contribution is 2.34. The first-order valence-corrected chi connectivity index (χ1v) is 12.5. The zero-order valence-electron chi connectivity index (χ0n) is 19.6. The molecule has 1 heterocycles. The number of hydrogen-bond donors (Lipinski definition) is 1. The van der Waals surface area contributed by atoms with Gasteiger partial charge in [-0.05, 0) is 37.0 Å². The van der Waals surface area contributed by atoms with Gasteiger partial charge in [0.2, 0.25) is 15.9 Å². The lowest BCUT2D eigenvalue weighted by atomic mass is 10.1. The minimum atomic E-state index is -3.49. The molecule has 184 valence electrons. The van der Waals surface area contributed by atoms with Gasteiger partial charge in [0.25, 0.3) is 0 Å². The summed E-state index contributed by atoms with van der Waals surface area (Å²) in [5.74, 6) is -0.249. The van der Waals surface area contributed by atoms with Crippen LogP contribution in [0.3, 0.4) is 0 Å². The molecule has 0 unspecified atom stereocenters. The van der Waals surface area contributed by atoms with Crippen LogP contribution in [-0.2, 0) is 26.0 Å². The molecule has 9 nitrogen and oxygen atoms in total. The van der Waals surface area contributed by atoms with Crippen LogP contribution in [-0.4, -0.2) is 59.0 Å². The largest absolute Gasteiger partial charge is 0.493 e. The van der Waals surface area contributed by atoms with Gasteiger partial charge in [-0.1, -0.05) is 18.6 Å². The van der Waals surface area contributed by atoms with E-state index >= 15 is 0 Å². The Labute approximate surface area is 200 Å². The third-order valence-corrected chi connectivity index (χ3v) is 7.63. The second-order valence-electron chi connectivity index (χ2n) is 7.90. The summed E-state index contributed by atoms with van der Waals surface area (Å²) < 4.78 is 42.4. The lowest BCUT2D eigenvalue weighted by molar-refractivity contribution is -0.116. The number of nitrogens with zero attached hydrogens (tertiary/aromatic N) is 1. The van der Waals surface area contributed by atoms with E-state index in [0.717, 1.165) is 24.8 Å². The molecular formula is C24H30N2O7S. The van der Waals surface area contributed by atoms with Gasteiger partial charge in [-0.25, -0.2) is 13.2 Å². The highest BCUT2D eigenvalue weighted by Gasteiger charge is 2.25. The monoisotopic (exact) mass is 490 g/mol. The molecular weight excluding hydrogens is 460 g/mol. The summed E-state index contributed by atoms with van der Waals surface area (Å²) in [5.41, 5.74) is 1.21. The summed E-state index contributed by atoms with van der Waals surface area (Å²) in [7, 11) is 0.659. The average molecular weight is 491 g/mol. The van der Waals surface area contributed by atoms with E-state index in [9.17, 15) is 18.0 Å². The van der Waals surface area contributed by atoms with E-state index in [-0.39, 0.29) is 28.5 Å². The van der Waals surface area contributed by atoms with Crippen LogP contribution in [0.25, 0.3) is 0 Å². The highest BCUT2D eigenvalue weighted by atomic mass is 32.2. The summed E-state index contributed by atoms with van der Waals surface area (Å²) in [5, 5.41) is 2.72. The van der Waals surface area contributed by atoms with E-state index in [1.54, 1.807) is 24.3 Å². The molecule has 0 radical (unpaired) electrons. The van der Waals surface area contributed by atoms with Crippen LogP contribution in [0.2, 0.25) is 0 Å². The van der Waals surface area contributed by atoms with Crippen molar-refractivity contribution in [2.75, 3.05) is 39.7 Å². The maximum atomic E-state index is 12.8. The number of sulfonamides is 1. The fourth-order valence-electron chi connectivity index (χ4n) is 3.81. The standard InChI is InChI=1S/C24H30N2O7S/c1-31-21-15-19(24(28)33-3)20(16-22(21)32-2)25-23(27)12-9-17-7-10-18(11-8-17)34(29,30)26-13-5-4-6-14-26/h7-8,10-11,15-16H,4-6,9,12-14H2,1-3H3,(H,25,27). The summed E-state index contributed by atoms with van der Waals surface area (Å²) in [6.07, 6.45) is 3.34. The van der Waals surface area contributed by atoms with Gasteiger partial charge in [-0.15, -0.1) is 0 Å². The van der Waals surface area contributed by atoms with Gasteiger partial charge in [0.15, 0.2) is 11.5 Å². The van der Waals surface area contributed by atoms with Gasteiger partial charge < -0.3 is 19.5 Å². The first-order chi connectivity index (χ1) is 16.3. The van der Waals surface area contributed by atoms with Crippen LogP contribution in [0.1, 0.15) is 41.6 Å². The molecule has 0 bridgehead atoms. The smallest absolute Gasteiger partial charge is 0.340 e. The molecule has 0 atom stereocenters. The molecule has 1 saturated heterocycles. The molecule has 34 heavy (non-hydrogen) atoms. The molecule has 0 saturated carbocycles. The van der Waals surface area contributed by atoms with E-state index in [0.29, 0.717) is 31.0 Å². The molecule has 10 heteroatoms. The number of carbonyl (C=O) groups is 2. The number of amides is 1. The lowest BCUT2D eigenvalue weighted by Gasteiger charge is -2.25. The number of carbonyl (C=O) groups excluding carboxylic acids is 2. The molecule has 1 amide bonds. The second-order valence-corrected chi connectivity index (χ2v) is 9.84. The summed E-state index contributed by atoms with van der Waals surface area (Å²) in [4.78, 5) is 25.0. The number of aryl methyl sites for hydroxylation is 1. The lowest BCUT2D eigenvalue weighted by Crippen LogP contribution is -2.35. The van der Waals surface area contributed by atoms with Crippen LogP contribution < -0.4 is 14.8 Å². The van der Waals surface area contributed by atoms with Crippen molar-refractivity contribution in [3.8, 4) is 11.5 Å². The fourth-order valence-corrected chi connectivity index (χ4v) is 5.33. The Balaban J connectivity index is 1.66. The predicted octanol–water partition coefficient (Wildman–Crippen LogP) is 3.24. The zero-order chi connectivity index (χ0) is 24.7. The molecule has 2 aromatic rings. The van der Waals surface area contributed by atoms with Crippen molar-refractivity contribution >= 4 is 27.6 Å². The third-order valence-electron chi connectivity index (χ3n) is 5.72. The van der Waals surface area contributed by atoms with Gasteiger partial charge in [0.05, 0.1) is 37.5 Å². The van der Waals surface area contributed by atoms with Crippen molar-refractivity contribution in [1.29, 1.82) is 0 Å². The Morgan fingerprint density at radius 2 is 1.56 bits per heavy atom. The Morgan fingerprint density at radius 3 is 2.15 bits per heavy atom. The summed E-state index contributed by atoms with van der Waals surface area (Å²) in [6.45, 7) is 1.10. The molecule has 0 aromatic heterocycles. The minimum Gasteiger partial charge on any atom is -0.493 e. The molecule has 3 rings (SSSR count). The quantitative estimate of drug-likeness (QED) is 0.537. The number of ether oxygens (including phenoxy) is 3. The molecule has 0 aliphatic carbocycles. The number of anilines is 1. The fraction of sp³-hybridized carbons (Fsp3) is 0.417. The zero-order valence-corrected chi connectivity index (χ0v) is 20.4. The van der Waals surface area contributed by atoms with Gasteiger partial charge in [0, 0.05) is 31.6 Å². The Bertz CT molecular complexity index is 1120. The van der Waals surface area contributed by atoms with E-state index in [1.165, 1.54) is 37.8 Å². The number of methoxy groups -OCH3 is 3. The molecule has 2 aromatic carbocycles. The SMILES string of the molecule is COC(=O)c1cc(OC)c(OC)cc1NC(=O)CCc1ccc(S(=O)(=O)N2CCCCC2)cc1. The first kappa shape index (κ1) is 25.5. The molecule has 1 aliphatic heterocycles.